The molecule has 0 saturated heterocycles. The summed E-state index contributed by atoms with van der Waals surface area (Å²) in [5.41, 5.74) is 0.294. The number of halogens is 2. The van der Waals surface area contributed by atoms with Crippen LogP contribution in [0, 0.1) is 27.4 Å². The highest BCUT2D eigenvalue weighted by Crippen LogP contribution is 2.60. The predicted molar refractivity (Wildman–Crippen MR) is 82.3 cm³/mol. The molecule has 1 N–H and O–H groups in total. The summed E-state index contributed by atoms with van der Waals surface area (Å²) in [6.45, 7) is 3.93. The van der Waals surface area contributed by atoms with Gasteiger partial charge < -0.3 is 5.32 Å². The molecular formula is C14H14Cl2N2O3. The molecule has 2 atom stereocenters. The molecule has 21 heavy (non-hydrogen) atoms. The third-order valence-electron chi connectivity index (χ3n) is 3.84. The largest absolute Gasteiger partial charge is 0.326 e. The molecule has 5 nitrogen and oxygen atoms in total. The van der Waals surface area contributed by atoms with E-state index in [4.69, 9.17) is 23.2 Å². The van der Waals surface area contributed by atoms with Crippen molar-refractivity contribution in [3.05, 3.63) is 44.9 Å². The SMILES string of the molecule is CC1(C)[C@H](C=C(Cl)Cl)[C@H]1C(=O)Nc1ccc([N+](=O)[O-])cc1. The Bertz CT molecular complexity index is 607. The van der Waals surface area contributed by atoms with Crippen LogP contribution in [0.2, 0.25) is 0 Å². The monoisotopic (exact) mass is 328 g/mol. The van der Waals surface area contributed by atoms with Crippen LogP contribution in [0.25, 0.3) is 0 Å². The minimum absolute atomic E-state index is 0.0134. The van der Waals surface area contributed by atoms with E-state index in [9.17, 15) is 14.9 Å². The molecule has 1 saturated carbocycles. The number of benzene rings is 1. The fourth-order valence-electron chi connectivity index (χ4n) is 2.51. The maximum absolute atomic E-state index is 12.2. The molecule has 7 heteroatoms. The van der Waals surface area contributed by atoms with Crippen LogP contribution in [0.3, 0.4) is 0 Å². The molecular weight excluding hydrogens is 315 g/mol. The Morgan fingerprint density at radius 1 is 1.33 bits per heavy atom. The van der Waals surface area contributed by atoms with Gasteiger partial charge in [-0.1, -0.05) is 37.0 Å². The summed E-state index contributed by atoms with van der Waals surface area (Å²) < 4.78 is 0.152. The number of nitro benzene ring substituents is 1. The highest BCUT2D eigenvalue weighted by Gasteiger charge is 2.60. The van der Waals surface area contributed by atoms with E-state index in [-0.39, 0.29) is 33.3 Å². The van der Waals surface area contributed by atoms with Gasteiger partial charge in [-0.2, -0.15) is 0 Å². The molecule has 0 spiro atoms. The van der Waals surface area contributed by atoms with Crippen molar-refractivity contribution in [2.45, 2.75) is 13.8 Å². The molecule has 0 aliphatic heterocycles. The van der Waals surface area contributed by atoms with E-state index in [1.54, 1.807) is 6.08 Å². The number of nitrogens with zero attached hydrogens (tertiary/aromatic N) is 1. The highest BCUT2D eigenvalue weighted by molar-refractivity contribution is 6.55. The molecule has 0 bridgehead atoms. The molecule has 1 aliphatic carbocycles. The summed E-state index contributed by atoms with van der Waals surface area (Å²) in [5, 5.41) is 13.3. The van der Waals surface area contributed by atoms with Gasteiger partial charge in [0.1, 0.15) is 4.49 Å². The first-order valence-electron chi connectivity index (χ1n) is 6.31. The Kier molecular flexibility index (Phi) is 4.25. The van der Waals surface area contributed by atoms with Gasteiger partial charge in [0.15, 0.2) is 0 Å². The van der Waals surface area contributed by atoms with Gasteiger partial charge in [0.05, 0.1) is 10.8 Å². The van der Waals surface area contributed by atoms with E-state index >= 15 is 0 Å². The van der Waals surface area contributed by atoms with Gasteiger partial charge in [-0.3, -0.25) is 14.9 Å². The third-order valence-corrected chi connectivity index (χ3v) is 4.10. The molecule has 112 valence electrons. The van der Waals surface area contributed by atoms with E-state index in [0.717, 1.165) is 0 Å². The fourth-order valence-corrected chi connectivity index (χ4v) is 2.78. The molecule has 1 aromatic carbocycles. The van der Waals surface area contributed by atoms with E-state index in [1.807, 2.05) is 13.8 Å². The average Bonchev–Trinajstić information content (AvgIpc) is 2.90. The van der Waals surface area contributed by atoms with Crippen LogP contribution < -0.4 is 5.32 Å². The molecule has 1 aromatic rings. The normalized spacial score (nSPS) is 22.3. The second-order valence-electron chi connectivity index (χ2n) is 5.57. The van der Waals surface area contributed by atoms with Crippen LogP contribution in [-0.2, 0) is 4.79 Å². The lowest BCUT2D eigenvalue weighted by molar-refractivity contribution is -0.384. The summed E-state index contributed by atoms with van der Waals surface area (Å²) >= 11 is 11.3. The zero-order valence-electron chi connectivity index (χ0n) is 11.5. The topological polar surface area (TPSA) is 72.2 Å². The Morgan fingerprint density at radius 3 is 2.38 bits per heavy atom. The average molecular weight is 329 g/mol. The van der Waals surface area contributed by atoms with Gasteiger partial charge in [-0.15, -0.1) is 0 Å². The number of carbonyl (C=O) groups excluding carboxylic acids is 1. The molecule has 0 radical (unpaired) electrons. The lowest BCUT2D eigenvalue weighted by atomic mass is 10.1. The van der Waals surface area contributed by atoms with E-state index in [2.05, 4.69) is 5.32 Å². The van der Waals surface area contributed by atoms with Crippen LogP contribution in [-0.4, -0.2) is 10.8 Å². The first-order chi connectivity index (χ1) is 9.73. The van der Waals surface area contributed by atoms with Gasteiger partial charge in [0.25, 0.3) is 5.69 Å². The van der Waals surface area contributed by atoms with Crippen molar-refractivity contribution in [1.82, 2.24) is 0 Å². The highest BCUT2D eigenvalue weighted by atomic mass is 35.5. The molecule has 1 fully saturated rings. The van der Waals surface area contributed by atoms with Crippen molar-refractivity contribution in [2.24, 2.45) is 17.3 Å². The molecule has 1 amide bonds. The second kappa shape index (κ2) is 5.66. The zero-order chi connectivity index (χ0) is 15.8. The second-order valence-corrected chi connectivity index (χ2v) is 6.58. The van der Waals surface area contributed by atoms with E-state index in [0.29, 0.717) is 5.69 Å². The number of carbonyl (C=O) groups is 1. The van der Waals surface area contributed by atoms with Crippen molar-refractivity contribution in [2.75, 3.05) is 5.32 Å². The number of nitrogens with one attached hydrogen (secondary N) is 1. The maximum Gasteiger partial charge on any atom is 0.269 e. The fraction of sp³-hybridized carbons (Fsp3) is 0.357. The number of hydrogen-bond donors (Lipinski definition) is 1. The van der Waals surface area contributed by atoms with Crippen molar-refractivity contribution in [3.63, 3.8) is 0 Å². The number of anilines is 1. The van der Waals surface area contributed by atoms with Gasteiger partial charge in [0, 0.05) is 17.8 Å². The number of rotatable bonds is 4. The Balaban J connectivity index is 2.05. The molecule has 0 heterocycles. The van der Waals surface area contributed by atoms with E-state index < -0.39 is 4.92 Å². The molecule has 2 rings (SSSR count). The van der Waals surface area contributed by atoms with Gasteiger partial charge >= 0.3 is 0 Å². The summed E-state index contributed by atoms with van der Waals surface area (Å²) in [6, 6.07) is 5.71. The molecule has 0 aromatic heterocycles. The Labute approximate surface area is 132 Å². The van der Waals surface area contributed by atoms with Crippen LogP contribution in [0.1, 0.15) is 13.8 Å². The molecule has 1 aliphatic rings. The number of allylic oxidation sites excluding steroid dienone is 1. The lowest BCUT2D eigenvalue weighted by Gasteiger charge is -2.05. The van der Waals surface area contributed by atoms with E-state index in [1.165, 1.54) is 24.3 Å². The number of nitro groups is 1. The summed E-state index contributed by atoms with van der Waals surface area (Å²) in [6.07, 6.45) is 1.67. The van der Waals surface area contributed by atoms with Crippen molar-refractivity contribution in [3.8, 4) is 0 Å². The number of non-ortho nitro benzene ring substituents is 1. The quantitative estimate of drug-likeness (QED) is 0.667. The van der Waals surface area contributed by atoms with Crippen molar-refractivity contribution in [1.29, 1.82) is 0 Å². The van der Waals surface area contributed by atoms with Gasteiger partial charge in [-0.25, -0.2) is 0 Å². The number of hydrogen-bond acceptors (Lipinski definition) is 3. The third kappa shape index (κ3) is 3.36. The number of amides is 1. The summed E-state index contributed by atoms with van der Waals surface area (Å²) in [7, 11) is 0. The molecule has 0 unspecified atom stereocenters. The Hall–Kier alpha value is -1.59. The maximum atomic E-state index is 12.2. The smallest absolute Gasteiger partial charge is 0.269 e. The van der Waals surface area contributed by atoms with Crippen LogP contribution in [0.5, 0.6) is 0 Å². The lowest BCUT2D eigenvalue weighted by Crippen LogP contribution is -2.16. The minimum Gasteiger partial charge on any atom is -0.326 e. The van der Waals surface area contributed by atoms with Gasteiger partial charge in [-0.05, 0) is 29.5 Å². The standard InChI is InChI=1S/C14H14Cl2N2O3/c1-14(2)10(7-11(15)16)12(14)13(19)17-8-3-5-9(6-4-8)18(20)21/h3-7,10,12H,1-2H3,(H,17,19)/t10-,12+/m1/s1. The van der Waals surface area contributed by atoms with Crippen molar-refractivity contribution < 1.29 is 9.72 Å². The summed E-state index contributed by atoms with van der Waals surface area (Å²) in [4.78, 5) is 22.3. The zero-order valence-corrected chi connectivity index (χ0v) is 13.0. The van der Waals surface area contributed by atoms with Gasteiger partial charge in [0.2, 0.25) is 5.91 Å². The minimum atomic E-state index is -0.487. The van der Waals surface area contributed by atoms with Crippen LogP contribution >= 0.6 is 23.2 Å². The summed E-state index contributed by atoms with van der Waals surface area (Å²) in [5.74, 6) is -0.384. The van der Waals surface area contributed by atoms with Crippen LogP contribution in [0.15, 0.2) is 34.8 Å². The van der Waals surface area contributed by atoms with Crippen molar-refractivity contribution >= 4 is 40.5 Å². The first-order valence-corrected chi connectivity index (χ1v) is 7.07. The van der Waals surface area contributed by atoms with Crippen LogP contribution in [0.4, 0.5) is 11.4 Å². The first kappa shape index (κ1) is 15.8. The predicted octanol–water partition coefficient (Wildman–Crippen LogP) is 4.12. The Morgan fingerprint density at radius 2 is 1.90 bits per heavy atom.